The predicted octanol–water partition coefficient (Wildman–Crippen LogP) is 2.80. The number of fused-ring (bicyclic) bond motifs is 1. The first kappa shape index (κ1) is 14.0. The maximum Gasteiger partial charge on any atom is 0.147 e. The predicted molar refractivity (Wildman–Crippen MR) is 80.0 cm³/mol. The molecule has 4 nitrogen and oxygen atoms in total. The van der Waals surface area contributed by atoms with Crippen LogP contribution < -0.4 is 9.75 Å². The van der Waals surface area contributed by atoms with E-state index in [9.17, 15) is 0 Å². The molecule has 0 amide bonds. The van der Waals surface area contributed by atoms with Gasteiger partial charge in [0.05, 0.1) is 12.1 Å². The van der Waals surface area contributed by atoms with Crippen molar-refractivity contribution in [3.05, 3.63) is 24.0 Å². The molecule has 0 N–H and O–H groups in total. The minimum Gasteiger partial charge on any atom is -0.491 e. The molecule has 19 heavy (non-hydrogen) atoms. The van der Waals surface area contributed by atoms with Crippen molar-refractivity contribution in [3.63, 3.8) is 0 Å². The van der Waals surface area contributed by atoms with Crippen LogP contribution in [0, 0.1) is 0 Å². The first-order valence-electron chi connectivity index (χ1n) is 6.55. The average molecular weight is 282 g/mol. The Morgan fingerprint density at radius 2 is 2.16 bits per heavy atom. The van der Waals surface area contributed by atoms with Gasteiger partial charge >= 0.3 is 0 Å². The minimum absolute atomic E-state index is 0.558. The normalized spacial score (nSPS) is 10.9. The van der Waals surface area contributed by atoms with E-state index in [0.29, 0.717) is 12.5 Å². The fourth-order valence-corrected chi connectivity index (χ4v) is 2.30. The highest BCUT2D eigenvalue weighted by molar-refractivity contribution is 6.17. The number of hydrogen-bond donors (Lipinski definition) is 0. The van der Waals surface area contributed by atoms with Crippen LogP contribution >= 0.6 is 11.6 Å². The van der Waals surface area contributed by atoms with Gasteiger partial charge in [0.25, 0.3) is 0 Å². The van der Waals surface area contributed by atoms with E-state index in [2.05, 4.69) is 22.7 Å². The first-order chi connectivity index (χ1) is 9.19. The van der Waals surface area contributed by atoms with Crippen molar-refractivity contribution in [2.75, 3.05) is 31.6 Å². The number of rotatable bonds is 6. The van der Waals surface area contributed by atoms with Gasteiger partial charge in [-0.25, -0.2) is 9.66 Å². The first-order valence-corrected chi connectivity index (χ1v) is 7.09. The van der Waals surface area contributed by atoms with Crippen LogP contribution in [0.1, 0.15) is 19.2 Å². The summed E-state index contributed by atoms with van der Waals surface area (Å²) in [7, 11) is 4.00. The highest BCUT2D eigenvalue weighted by Crippen LogP contribution is 2.26. The van der Waals surface area contributed by atoms with Gasteiger partial charge in [-0.15, -0.1) is 11.6 Å². The number of para-hydroxylation sites is 1. The smallest absolute Gasteiger partial charge is 0.147 e. The number of ether oxygens (including phenoxy) is 1. The van der Waals surface area contributed by atoms with Gasteiger partial charge in [0.2, 0.25) is 0 Å². The molecule has 0 aliphatic carbocycles. The second-order valence-electron chi connectivity index (χ2n) is 4.60. The van der Waals surface area contributed by atoms with Crippen LogP contribution in [0.2, 0.25) is 0 Å². The molecule has 0 bridgehead atoms. The molecule has 1 heterocycles. The van der Waals surface area contributed by atoms with Crippen molar-refractivity contribution in [2.24, 2.45) is 0 Å². The summed E-state index contributed by atoms with van der Waals surface area (Å²) in [4.78, 5) is 4.69. The molecular weight excluding hydrogens is 262 g/mol. The Kier molecular flexibility index (Phi) is 4.53. The third-order valence-electron chi connectivity index (χ3n) is 2.87. The second kappa shape index (κ2) is 6.15. The Morgan fingerprint density at radius 3 is 2.79 bits per heavy atom. The van der Waals surface area contributed by atoms with Crippen LogP contribution in [-0.4, -0.2) is 36.2 Å². The zero-order chi connectivity index (χ0) is 13.8. The Bertz CT molecular complexity index is 551. The van der Waals surface area contributed by atoms with E-state index in [1.165, 1.54) is 0 Å². The van der Waals surface area contributed by atoms with E-state index in [1.54, 1.807) is 0 Å². The summed E-state index contributed by atoms with van der Waals surface area (Å²) < 4.78 is 7.85. The van der Waals surface area contributed by atoms with Crippen LogP contribution in [0.5, 0.6) is 5.75 Å². The van der Waals surface area contributed by atoms with Crippen molar-refractivity contribution in [1.82, 2.24) is 9.66 Å². The summed E-state index contributed by atoms with van der Waals surface area (Å²) >= 11 is 5.86. The van der Waals surface area contributed by atoms with E-state index in [1.807, 2.05) is 31.2 Å². The molecule has 0 spiro atoms. The van der Waals surface area contributed by atoms with Crippen molar-refractivity contribution >= 4 is 22.6 Å². The third kappa shape index (κ3) is 2.78. The molecule has 104 valence electrons. The largest absolute Gasteiger partial charge is 0.491 e. The molecule has 1 aromatic carbocycles. The van der Waals surface area contributed by atoms with Crippen molar-refractivity contribution < 1.29 is 4.74 Å². The Balaban J connectivity index is 2.54. The molecule has 0 saturated carbocycles. The van der Waals surface area contributed by atoms with E-state index in [0.717, 1.165) is 35.4 Å². The number of benzene rings is 1. The molecule has 1 aromatic heterocycles. The van der Waals surface area contributed by atoms with E-state index < -0.39 is 0 Å². The molecule has 0 aliphatic rings. The number of alkyl halides is 1. The Hall–Kier alpha value is -1.42. The van der Waals surface area contributed by atoms with Crippen LogP contribution in [0.15, 0.2) is 18.2 Å². The SMILES string of the molecule is CCCOc1cccc2c1nc(CCCl)n2N(C)C. The van der Waals surface area contributed by atoms with Gasteiger partial charge in [-0.2, -0.15) is 0 Å². The highest BCUT2D eigenvalue weighted by atomic mass is 35.5. The minimum atomic E-state index is 0.558. The lowest BCUT2D eigenvalue weighted by Crippen LogP contribution is -2.26. The number of aryl methyl sites for hydroxylation is 1. The second-order valence-corrected chi connectivity index (χ2v) is 4.98. The molecule has 2 aromatic rings. The summed E-state index contributed by atoms with van der Waals surface area (Å²) in [5, 5.41) is 2.01. The van der Waals surface area contributed by atoms with Crippen LogP contribution in [0.4, 0.5) is 0 Å². The standard InChI is InChI=1S/C14H20ClN3O/c1-4-10-19-12-7-5-6-11-14(12)16-13(8-9-15)18(11)17(2)3/h5-7H,4,8-10H2,1-3H3. The molecule has 2 rings (SSSR count). The maximum atomic E-state index is 5.86. The van der Waals surface area contributed by atoms with Gasteiger partial charge in [-0.1, -0.05) is 13.0 Å². The topological polar surface area (TPSA) is 30.3 Å². The van der Waals surface area contributed by atoms with Gasteiger partial charge in [0.1, 0.15) is 17.1 Å². The monoisotopic (exact) mass is 281 g/mol. The number of halogens is 1. The summed E-state index contributed by atoms with van der Waals surface area (Å²) in [6, 6.07) is 6.02. The fourth-order valence-electron chi connectivity index (χ4n) is 2.13. The lowest BCUT2D eigenvalue weighted by molar-refractivity contribution is 0.320. The van der Waals surface area contributed by atoms with Gasteiger partial charge in [-0.05, 0) is 18.6 Å². The zero-order valence-corrected chi connectivity index (χ0v) is 12.4. The summed E-state index contributed by atoms with van der Waals surface area (Å²) in [6.07, 6.45) is 1.72. The summed E-state index contributed by atoms with van der Waals surface area (Å²) in [6.45, 7) is 2.80. The zero-order valence-electron chi connectivity index (χ0n) is 11.7. The summed E-state index contributed by atoms with van der Waals surface area (Å²) in [5.41, 5.74) is 1.96. The quantitative estimate of drug-likeness (QED) is 0.763. The number of hydrogen-bond acceptors (Lipinski definition) is 3. The van der Waals surface area contributed by atoms with Gasteiger partial charge < -0.3 is 9.75 Å². The van der Waals surface area contributed by atoms with E-state index >= 15 is 0 Å². The highest BCUT2D eigenvalue weighted by Gasteiger charge is 2.15. The number of nitrogens with zero attached hydrogens (tertiary/aromatic N) is 3. The van der Waals surface area contributed by atoms with Crippen molar-refractivity contribution in [1.29, 1.82) is 0 Å². The maximum absolute atomic E-state index is 5.86. The Morgan fingerprint density at radius 1 is 1.37 bits per heavy atom. The lowest BCUT2D eigenvalue weighted by Gasteiger charge is -2.18. The Labute approximate surface area is 118 Å². The molecule has 0 saturated heterocycles. The molecule has 0 atom stereocenters. The lowest BCUT2D eigenvalue weighted by atomic mass is 10.3. The molecule has 0 unspecified atom stereocenters. The molecule has 5 heteroatoms. The number of aromatic nitrogens is 2. The molecular formula is C14H20ClN3O. The van der Waals surface area contributed by atoms with Crippen LogP contribution in [-0.2, 0) is 6.42 Å². The fraction of sp³-hybridized carbons (Fsp3) is 0.500. The van der Waals surface area contributed by atoms with Crippen LogP contribution in [0.3, 0.4) is 0 Å². The van der Waals surface area contributed by atoms with E-state index in [4.69, 9.17) is 16.3 Å². The molecule has 0 fully saturated rings. The van der Waals surface area contributed by atoms with Crippen molar-refractivity contribution in [3.8, 4) is 5.75 Å². The van der Waals surface area contributed by atoms with Crippen LogP contribution in [0.25, 0.3) is 11.0 Å². The van der Waals surface area contributed by atoms with Crippen molar-refractivity contribution in [2.45, 2.75) is 19.8 Å². The number of imidazole rings is 1. The molecule has 0 radical (unpaired) electrons. The van der Waals surface area contributed by atoms with Gasteiger partial charge in [0.15, 0.2) is 0 Å². The third-order valence-corrected chi connectivity index (χ3v) is 3.06. The average Bonchev–Trinajstić information content (AvgIpc) is 2.75. The summed E-state index contributed by atoms with van der Waals surface area (Å²) in [5.74, 6) is 2.36. The van der Waals surface area contributed by atoms with Gasteiger partial charge in [-0.3, -0.25) is 0 Å². The van der Waals surface area contributed by atoms with E-state index in [-0.39, 0.29) is 0 Å². The van der Waals surface area contributed by atoms with Gasteiger partial charge in [0, 0.05) is 26.4 Å². The molecule has 0 aliphatic heterocycles.